The molecule has 0 bridgehead atoms. The topological polar surface area (TPSA) is 190 Å². The van der Waals surface area contributed by atoms with E-state index >= 15 is 0 Å². The second kappa shape index (κ2) is 14.6. The van der Waals surface area contributed by atoms with Crippen molar-refractivity contribution < 1.29 is 48.6 Å². The molecule has 0 saturated carbocycles. The number of aliphatic imine (C=N–C) groups is 2. The standard InChI is InChI=1S/C15H20N2O5.C14H18N2O5/c1-15(14(19)21-3)9-16-13(17-15)11-5-4-10(8-12(11)18)22-7-6-20-2;1-14(13(18)19)8-15-12(16-14)10-4-3-9(7-11(10)17)21-6-5-20-2/h4-5,8,18H,6-7,9H2,1-3H3,(H,16,17);3-4,7,17H,5-6,8H2,1-2H3,(H,15,16)(H,18,19). The van der Waals surface area contributed by atoms with E-state index in [-0.39, 0.29) is 24.6 Å². The van der Waals surface area contributed by atoms with Crippen LogP contribution in [0, 0.1) is 0 Å². The van der Waals surface area contributed by atoms with E-state index in [2.05, 4.69) is 20.6 Å². The van der Waals surface area contributed by atoms with E-state index in [4.69, 9.17) is 28.8 Å². The summed E-state index contributed by atoms with van der Waals surface area (Å²) in [6.45, 7) is 5.31. The molecule has 5 N–H and O–H groups in total. The molecule has 2 aliphatic heterocycles. The van der Waals surface area contributed by atoms with Crippen LogP contribution in [0.3, 0.4) is 0 Å². The third-order valence-corrected chi connectivity index (χ3v) is 6.56. The van der Waals surface area contributed by atoms with Gasteiger partial charge in [-0.1, -0.05) is 0 Å². The van der Waals surface area contributed by atoms with Crippen LogP contribution in [0.5, 0.6) is 23.0 Å². The lowest BCUT2D eigenvalue weighted by Gasteiger charge is -2.21. The number of benzene rings is 2. The maximum atomic E-state index is 11.7. The molecule has 14 nitrogen and oxygen atoms in total. The van der Waals surface area contributed by atoms with Crippen LogP contribution in [-0.4, -0.2) is 111 Å². The number of phenols is 2. The van der Waals surface area contributed by atoms with Gasteiger partial charge in [0.25, 0.3) is 0 Å². The Morgan fingerprint density at radius 3 is 1.58 bits per heavy atom. The number of aliphatic carboxylic acids is 1. The van der Waals surface area contributed by atoms with Gasteiger partial charge in [0.1, 0.15) is 47.9 Å². The fourth-order valence-electron chi connectivity index (χ4n) is 4.01. The van der Waals surface area contributed by atoms with E-state index < -0.39 is 23.0 Å². The van der Waals surface area contributed by atoms with Crippen molar-refractivity contribution in [1.82, 2.24) is 10.6 Å². The first-order valence-electron chi connectivity index (χ1n) is 13.3. The van der Waals surface area contributed by atoms with E-state index in [1.807, 2.05) is 0 Å². The van der Waals surface area contributed by atoms with Gasteiger partial charge in [-0.2, -0.15) is 0 Å². The highest BCUT2D eigenvalue weighted by Crippen LogP contribution is 2.28. The van der Waals surface area contributed by atoms with Crippen LogP contribution >= 0.6 is 0 Å². The third-order valence-electron chi connectivity index (χ3n) is 6.56. The molecule has 0 spiro atoms. The molecule has 0 fully saturated rings. The highest BCUT2D eigenvalue weighted by atomic mass is 16.5. The lowest BCUT2D eigenvalue weighted by Crippen LogP contribution is -2.50. The van der Waals surface area contributed by atoms with Crippen LogP contribution in [0.25, 0.3) is 0 Å². The van der Waals surface area contributed by atoms with Crippen molar-refractivity contribution >= 4 is 23.6 Å². The molecule has 4 rings (SSSR count). The number of carboxylic acid groups (broad SMARTS) is 1. The Kier molecular flexibility index (Phi) is 11.2. The van der Waals surface area contributed by atoms with E-state index in [0.29, 0.717) is 60.7 Å². The molecule has 0 aromatic heterocycles. The molecule has 0 saturated heterocycles. The summed E-state index contributed by atoms with van der Waals surface area (Å²) in [5.41, 5.74) is -1.11. The van der Waals surface area contributed by atoms with Crippen molar-refractivity contribution in [3.05, 3.63) is 47.5 Å². The molecule has 0 aliphatic carbocycles. The summed E-state index contributed by atoms with van der Waals surface area (Å²) in [7, 11) is 4.50. The Labute approximate surface area is 249 Å². The molecule has 2 unspecified atom stereocenters. The second-order valence-electron chi connectivity index (χ2n) is 10.1. The van der Waals surface area contributed by atoms with Crippen LogP contribution in [0.2, 0.25) is 0 Å². The number of nitrogens with one attached hydrogen (secondary N) is 2. The number of amidine groups is 2. The van der Waals surface area contributed by atoms with Gasteiger partial charge in [0, 0.05) is 26.4 Å². The molecule has 2 heterocycles. The number of carbonyl (C=O) groups is 2. The van der Waals surface area contributed by atoms with Crippen LogP contribution in [0.15, 0.2) is 46.4 Å². The van der Waals surface area contributed by atoms with E-state index in [0.717, 1.165) is 0 Å². The van der Waals surface area contributed by atoms with Gasteiger partial charge in [0.05, 0.1) is 44.5 Å². The Morgan fingerprint density at radius 2 is 1.21 bits per heavy atom. The summed E-state index contributed by atoms with van der Waals surface area (Å²) < 4.78 is 25.3. The van der Waals surface area contributed by atoms with Gasteiger partial charge in [-0.15, -0.1) is 0 Å². The van der Waals surface area contributed by atoms with Crippen molar-refractivity contribution in [3.8, 4) is 23.0 Å². The first kappa shape index (κ1) is 32.9. The number of aromatic hydroxyl groups is 2. The van der Waals surface area contributed by atoms with Gasteiger partial charge in [-0.25, -0.2) is 9.59 Å². The van der Waals surface area contributed by atoms with Crippen LogP contribution in [0.4, 0.5) is 0 Å². The fourth-order valence-corrected chi connectivity index (χ4v) is 4.01. The van der Waals surface area contributed by atoms with Gasteiger partial charge >= 0.3 is 11.9 Å². The maximum Gasteiger partial charge on any atom is 0.333 e. The molecule has 14 heteroatoms. The third kappa shape index (κ3) is 8.26. The number of rotatable bonds is 12. The second-order valence-corrected chi connectivity index (χ2v) is 10.1. The molecular weight excluding hydrogens is 564 g/mol. The minimum atomic E-state index is -1.14. The van der Waals surface area contributed by atoms with Crippen molar-refractivity contribution in [2.75, 3.05) is 60.8 Å². The molecular formula is C29H38N4O10. The highest BCUT2D eigenvalue weighted by Gasteiger charge is 2.40. The lowest BCUT2D eigenvalue weighted by molar-refractivity contribution is -0.146. The predicted molar refractivity (Wildman–Crippen MR) is 156 cm³/mol. The number of methoxy groups -OCH3 is 3. The normalized spacial score (nSPS) is 20.5. The van der Waals surface area contributed by atoms with Gasteiger partial charge in [0.2, 0.25) is 0 Å². The number of hydrogen-bond donors (Lipinski definition) is 5. The molecule has 2 aliphatic rings. The first-order chi connectivity index (χ1) is 20.5. The van der Waals surface area contributed by atoms with E-state index in [9.17, 15) is 19.8 Å². The molecule has 234 valence electrons. The number of phenolic OH excluding ortho intramolecular Hbond substituents is 2. The summed E-state index contributed by atoms with van der Waals surface area (Å²) in [6, 6.07) is 9.70. The Bertz CT molecular complexity index is 1360. The molecule has 2 aromatic carbocycles. The van der Waals surface area contributed by atoms with Crippen molar-refractivity contribution in [3.63, 3.8) is 0 Å². The number of hydrogen-bond acceptors (Lipinski definition) is 13. The van der Waals surface area contributed by atoms with Crippen LogP contribution in [0.1, 0.15) is 25.0 Å². The zero-order valence-corrected chi connectivity index (χ0v) is 24.8. The summed E-state index contributed by atoms with van der Waals surface area (Å²) >= 11 is 0. The number of esters is 1. The molecule has 2 aromatic rings. The Balaban J connectivity index is 0.000000236. The maximum absolute atomic E-state index is 11.7. The monoisotopic (exact) mass is 602 g/mol. The van der Waals surface area contributed by atoms with Crippen LogP contribution < -0.4 is 20.1 Å². The molecule has 0 radical (unpaired) electrons. The predicted octanol–water partition coefficient (Wildman–Crippen LogP) is 1.31. The van der Waals surface area contributed by atoms with E-state index in [1.54, 1.807) is 52.3 Å². The van der Waals surface area contributed by atoms with Crippen molar-refractivity contribution in [1.29, 1.82) is 0 Å². The molecule has 2 atom stereocenters. The largest absolute Gasteiger partial charge is 0.507 e. The lowest BCUT2D eigenvalue weighted by atomic mass is 10.0. The Morgan fingerprint density at radius 1 is 0.767 bits per heavy atom. The summed E-state index contributed by atoms with van der Waals surface area (Å²) in [5.74, 6) is 0.474. The highest BCUT2D eigenvalue weighted by molar-refractivity contribution is 6.06. The van der Waals surface area contributed by atoms with Crippen molar-refractivity contribution in [2.24, 2.45) is 9.98 Å². The minimum Gasteiger partial charge on any atom is -0.507 e. The van der Waals surface area contributed by atoms with Gasteiger partial charge in [0.15, 0.2) is 11.1 Å². The summed E-state index contributed by atoms with van der Waals surface area (Å²) in [5, 5.41) is 35.1. The van der Waals surface area contributed by atoms with Gasteiger partial charge < -0.3 is 49.6 Å². The zero-order chi connectivity index (χ0) is 31.6. The fraction of sp³-hybridized carbons (Fsp3) is 0.448. The smallest absolute Gasteiger partial charge is 0.333 e. The number of carboxylic acids is 1. The van der Waals surface area contributed by atoms with Gasteiger partial charge in [-0.05, 0) is 38.1 Å². The quantitative estimate of drug-likeness (QED) is 0.173. The number of ether oxygens (including phenoxy) is 5. The average Bonchev–Trinajstić information content (AvgIpc) is 3.58. The van der Waals surface area contributed by atoms with Crippen molar-refractivity contribution in [2.45, 2.75) is 24.9 Å². The van der Waals surface area contributed by atoms with Gasteiger partial charge in [-0.3, -0.25) is 9.98 Å². The SMILES string of the molecule is COCCOc1ccc(C2=NCC(C)(C(=O)O)N2)c(O)c1.COCCOc1ccc(C2=NCC(C)(C(=O)OC)N2)c(O)c1. The molecule has 43 heavy (non-hydrogen) atoms. The summed E-state index contributed by atoms with van der Waals surface area (Å²) in [6.07, 6.45) is 0. The molecule has 0 amide bonds. The van der Waals surface area contributed by atoms with Crippen LogP contribution in [-0.2, 0) is 23.8 Å². The minimum absolute atomic E-state index is 0.0224. The number of carbonyl (C=O) groups excluding carboxylic acids is 1. The van der Waals surface area contributed by atoms with E-state index in [1.165, 1.54) is 19.2 Å². The average molecular weight is 603 g/mol. The summed E-state index contributed by atoms with van der Waals surface area (Å²) in [4.78, 5) is 31.3. The number of nitrogens with zero attached hydrogens (tertiary/aromatic N) is 2. The first-order valence-corrected chi connectivity index (χ1v) is 13.3. The Hall–Kier alpha value is -4.56. The zero-order valence-electron chi connectivity index (χ0n) is 24.8.